The number of halogens is 2. The molecule has 28 heavy (non-hydrogen) atoms. The second kappa shape index (κ2) is 8.81. The van der Waals surface area contributed by atoms with Gasteiger partial charge in [0.1, 0.15) is 0 Å². The van der Waals surface area contributed by atoms with Gasteiger partial charge in [-0.1, -0.05) is 0 Å². The van der Waals surface area contributed by atoms with Gasteiger partial charge in [0.2, 0.25) is 0 Å². The van der Waals surface area contributed by atoms with E-state index in [0.29, 0.717) is 26.2 Å². The third kappa shape index (κ3) is 4.47. The summed E-state index contributed by atoms with van der Waals surface area (Å²) in [6.45, 7) is 8.11. The Bertz CT molecular complexity index is 805. The Kier molecular flexibility index (Phi) is 6.23. The fourth-order valence-electron chi connectivity index (χ4n) is 3.12. The van der Waals surface area contributed by atoms with E-state index in [-0.39, 0.29) is 11.7 Å². The molecule has 3 rings (SSSR count). The SMILES string of the molecule is CCN(CC)c1ccc(N2CCN(C(=O)Nc3ccc(F)c(F)c3)CC2)nn1. The molecular formula is C19H24F2N6O. The quantitative estimate of drug-likeness (QED) is 0.850. The third-order valence-corrected chi connectivity index (χ3v) is 4.79. The van der Waals surface area contributed by atoms with Crippen LogP contribution >= 0.6 is 0 Å². The number of aromatic nitrogens is 2. The molecule has 1 aliphatic rings. The highest BCUT2D eigenvalue weighted by molar-refractivity contribution is 5.89. The summed E-state index contributed by atoms with van der Waals surface area (Å²) in [6.07, 6.45) is 0. The molecule has 2 aromatic rings. The van der Waals surface area contributed by atoms with Crippen LogP contribution in [0.5, 0.6) is 0 Å². The molecule has 1 aromatic carbocycles. The highest BCUT2D eigenvalue weighted by atomic mass is 19.2. The van der Waals surface area contributed by atoms with Crippen LogP contribution in [0.3, 0.4) is 0 Å². The number of carbonyl (C=O) groups is 1. The fourth-order valence-corrected chi connectivity index (χ4v) is 3.12. The number of amides is 2. The number of anilines is 3. The molecule has 2 heterocycles. The van der Waals surface area contributed by atoms with Crippen molar-refractivity contribution in [3.63, 3.8) is 0 Å². The van der Waals surface area contributed by atoms with Crippen molar-refractivity contribution in [3.05, 3.63) is 42.0 Å². The van der Waals surface area contributed by atoms with Crippen LogP contribution < -0.4 is 15.1 Å². The molecular weight excluding hydrogens is 366 g/mol. The van der Waals surface area contributed by atoms with Crippen LogP contribution in [0.1, 0.15) is 13.8 Å². The molecule has 150 valence electrons. The highest BCUT2D eigenvalue weighted by Gasteiger charge is 2.22. The van der Waals surface area contributed by atoms with E-state index in [1.807, 2.05) is 12.1 Å². The van der Waals surface area contributed by atoms with Gasteiger partial charge in [-0.15, -0.1) is 10.2 Å². The van der Waals surface area contributed by atoms with E-state index in [0.717, 1.165) is 36.9 Å². The van der Waals surface area contributed by atoms with Crippen LogP contribution in [0, 0.1) is 11.6 Å². The van der Waals surface area contributed by atoms with E-state index in [2.05, 4.69) is 39.2 Å². The minimum absolute atomic E-state index is 0.226. The minimum atomic E-state index is -0.991. The normalized spacial score (nSPS) is 14.1. The van der Waals surface area contributed by atoms with Gasteiger partial charge in [-0.3, -0.25) is 0 Å². The number of benzene rings is 1. The van der Waals surface area contributed by atoms with Gasteiger partial charge in [0.25, 0.3) is 0 Å². The number of rotatable bonds is 5. The average molecular weight is 390 g/mol. The minimum Gasteiger partial charge on any atom is -0.356 e. The van der Waals surface area contributed by atoms with Crippen molar-refractivity contribution in [3.8, 4) is 0 Å². The Morgan fingerprint density at radius 1 is 1.04 bits per heavy atom. The smallest absolute Gasteiger partial charge is 0.321 e. The largest absolute Gasteiger partial charge is 0.356 e. The number of carbonyl (C=O) groups excluding carboxylic acids is 1. The Labute approximate surface area is 162 Å². The fraction of sp³-hybridized carbons (Fsp3) is 0.421. The predicted octanol–water partition coefficient (Wildman–Crippen LogP) is 2.96. The molecule has 1 saturated heterocycles. The summed E-state index contributed by atoms with van der Waals surface area (Å²) >= 11 is 0. The van der Waals surface area contributed by atoms with Crippen molar-refractivity contribution in [1.82, 2.24) is 15.1 Å². The van der Waals surface area contributed by atoms with Crippen LogP contribution in [-0.4, -0.2) is 60.4 Å². The molecule has 0 aliphatic carbocycles. The second-order valence-electron chi connectivity index (χ2n) is 6.46. The first-order chi connectivity index (χ1) is 13.5. The monoisotopic (exact) mass is 390 g/mol. The first kappa shape index (κ1) is 19.8. The van der Waals surface area contributed by atoms with Gasteiger partial charge in [0, 0.05) is 51.0 Å². The van der Waals surface area contributed by atoms with Gasteiger partial charge >= 0.3 is 6.03 Å². The number of hydrogen-bond acceptors (Lipinski definition) is 5. The lowest BCUT2D eigenvalue weighted by atomic mass is 10.3. The van der Waals surface area contributed by atoms with Crippen molar-refractivity contribution < 1.29 is 13.6 Å². The number of hydrogen-bond donors (Lipinski definition) is 1. The Balaban J connectivity index is 1.55. The molecule has 1 fully saturated rings. The zero-order valence-electron chi connectivity index (χ0n) is 16.0. The summed E-state index contributed by atoms with van der Waals surface area (Å²) in [6, 6.07) is 6.85. The van der Waals surface area contributed by atoms with Crippen molar-refractivity contribution in [2.75, 3.05) is 54.4 Å². The average Bonchev–Trinajstić information content (AvgIpc) is 2.72. The molecule has 1 aromatic heterocycles. The van der Waals surface area contributed by atoms with E-state index >= 15 is 0 Å². The summed E-state index contributed by atoms with van der Waals surface area (Å²) in [5, 5.41) is 11.2. The molecule has 7 nitrogen and oxygen atoms in total. The maximum atomic E-state index is 13.3. The summed E-state index contributed by atoms with van der Waals surface area (Å²) in [5.74, 6) is -0.316. The van der Waals surface area contributed by atoms with Gasteiger partial charge in [-0.05, 0) is 38.1 Å². The van der Waals surface area contributed by atoms with Crippen molar-refractivity contribution in [2.24, 2.45) is 0 Å². The molecule has 0 radical (unpaired) electrons. The van der Waals surface area contributed by atoms with Crippen LogP contribution in [0.15, 0.2) is 30.3 Å². The molecule has 0 spiro atoms. The maximum Gasteiger partial charge on any atom is 0.321 e. The van der Waals surface area contributed by atoms with Crippen molar-refractivity contribution in [1.29, 1.82) is 0 Å². The molecule has 1 N–H and O–H groups in total. The number of urea groups is 1. The van der Waals surface area contributed by atoms with E-state index in [1.165, 1.54) is 6.07 Å². The third-order valence-electron chi connectivity index (χ3n) is 4.79. The van der Waals surface area contributed by atoms with E-state index in [9.17, 15) is 13.6 Å². The first-order valence-corrected chi connectivity index (χ1v) is 9.36. The first-order valence-electron chi connectivity index (χ1n) is 9.36. The second-order valence-corrected chi connectivity index (χ2v) is 6.46. The van der Waals surface area contributed by atoms with Gasteiger partial charge in [0.15, 0.2) is 23.3 Å². The van der Waals surface area contributed by atoms with Crippen LogP contribution in [0.25, 0.3) is 0 Å². The van der Waals surface area contributed by atoms with Crippen LogP contribution in [0.2, 0.25) is 0 Å². The van der Waals surface area contributed by atoms with Gasteiger partial charge in [0.05, 0.1) is 0 Å². The molecule has 1 aliphatic heterocycles. The van der Waals surface area contributed by atoms with E-state index in [1.54, 1.807) is 4.90 Å². The topological polar surface area (TPSA) is 64.6 Å². The van der Waals surface area contributed by atoms with E-state index < -0.39 is 11.6 Å². The zero-order valence-corrected chi connectivity index (χ0v) is 16.0. The number of nitrogens with one attached hydrogen (secondary N) is 1. The zero-order chi connectivity index (χ0) is 20.1. The van der Waals surface area contributed by atoms with E-state index in [4.69, 9.17) is 0 Å². The maximum absolute atomic E-state index is 13.3. The lowest BCUT2D eigenvalue weighted by Crippen LogP contribution is -2.50. The summed E-state index contributed by atoms with van der Waals surface area (Å²) < 4.78 is 26.3. The van der Waals surface area contributed by atoms with Crippen LogP contribution in [-0.2, 0) is 0 Å². The molecule has 9 heteroatoms. The number of nitrogens with zero attached hydrogens (tertiary/aromatic N) is 5. The van der Waals surface area contributed by atoms with Gasteiger partial charge in [-0.2, -0.15) is 0 Å². The van der Waals surface area contributed by atoms with Gasteiger partial charge in [-0.25, -0.2) is 13.6 Å². The molecule has 0 bridgehead atoms. The van der Waals surface area contributed by atoms with Crippen molar-refractivity contribution in [2.45, 2.75) is 13.8 Å². The lowest BCUT2D eigenvalue weighted by Gasteiger charge is -2.35. The summed E-state index contributed by atoms with van der Waals surface area (Å²) in [4.78, 5) is 18.2. The summed E-state index contributed by atoms with van der Waals surface area (Å²) in [5.41, 5.74) is 0.226. The number of piperazine rings is 1. The Hall–Kier alpha value is -2.97. The Morgan fingerprint density at radius 2 is 1.75 bits per heavy atom. The lowest BCUT2D eigenvalue weighted by molar-refractivity contribution is 0.208. The van der Waals surface area contributed by atoms with Gasteiger partial charge < -0.3 is 20.0 Å². The Morgan fingerprint density at radius 3 is 2.32 bits per heavy atom. The van der Waals surface area contributed by atoms with Crippen molar-refractivity contribution >= 4 is 23.4 Å². The molecule has 0 saturated carbocycles. The molecule has 2 amide bonds. The molecule has 0 atom stereocenters. The summed E-state index contributed by atoms with van der Waals surface area (Å²) in [7, 11) is 0. The predicted molar refractivity (Wildman–Crippen MR) is 105 cm³/mol. The molecule has 0 unspecified atom stereocenters. The highest BCUT2D eigenvalue weighted by Crippen LogP contribution is 2.18. The standard InChI is InChI=1S/C19H24F2N6O/c1-3-25(4-2)17-7-8-18(24-23-17)26-9-11-27(12-10-26)19(28)22-14-5-6-15(20)16(21)13-14/h5-8,13H,3-4,9-12H2,1-2H3,(H,22,28). The van der Waals surface area contributed by atoms with Crippen LogP contribution in [0.4, 0.5) is 30.9 Å².